The van der Waals surface area contributed by atoms with Crippen LogP contribution >= 0.6 is 11.8 Å². The number of aromatic nitrogens is 2. The van der Waals surface area contributed by atoms with Crippen molar-refractivity contribution < 1.29 is 14.3 Å². The molecule has 0 aliphatic carbocycles. The summed E-state index contributed by atoms with van der Waals surface area (Å²) < 4.78 is 6.89. The Balaban J connectivity index is 1.61. The number of nitrogens with zero attached hydrogens (tertiary/aromatic N) is 2. The molecular weight excluding hydrogens is 474 g/mol. The maximum atomic E-state index is 12.9. The third-order valence-corrected chi connectivity index (χ3v) is 6.38. The highest BCUT2D eigenvalue weighted by atomic mass is 32.2. The molecule has 4 rings (SSSR count). The minimum absolute atomic E-state index is 0.00162. The molecular formula is C27H29N5O3S. The first-order chi connectivity index (χ1) is 17.5. The van der Waals surface area contributed by atoms with E-state index in [-0.39, 0.29) is 18.4 Å². The van der Waals surface area contributed by atoms with Crippen LogP contribution in [0.15, 0.2) is 71.8 Å². The molecule has 2 heterocycles. The lowest BCUT2D eigenvalue weighted by atomic mass is 10.1. The molecule has 0 aliphatic rings. The Labute approximate surface area is 214 Å². The lowest BCUT2D eigenvalue weighted by Crippen LogP contribution is -2.23. The van der Waals surface area contributed by atoms with Crippen LogP contribution in [0.1, 0.15) is 28.4 Å². The zero-order chi connectivity index (χ0) is 25.5. The van der Waals surface area contributed by atoms with Crippen LogP contribution in [0.5, 0.6) is 0 Å². The average molecular weight is 504 g/mol. The van der Waals surface area contributed by atoms with Crippen LogP contribution in [0, 0.1) is 0 Å². The number of imidazole rings is 1. The third kappa shape index (κ3) is 5.87. The highest BCUT2D eigenvalue weighted by Gasteiger charge is 2.17. The van der Waals surface area contributed by atoms with Crippen LogP contribution < -0.4 is 16.4 Å². The van der Waals surface area contributed by atoms with Gasteiger partial charge in [-0.25, -0.2) is 4.98 Å². The van der Waals surface area contributed by atoms with Gasteiger partial charge < -0.3 is 21.1 Å². The number of benzene rings is 2. The summed E-state index contributed by atoms with van der Waals surface area (Å²) >= 11 is 1.66. The van der Waals surface area contributed by atoms with Gasteiger partial charge in [0.25, 0.3) is 5.91 Å². The van der Waals surface area contributed by atoms with Crippen molar-refractivity contribution in [1.29, 1.82) is 0 Å². The summed E-state index contributed by atoms with van der Waals surface area (Å²) in [4.78, 5) is 30.8. The molecule has 0 unspecified atom stereocenters. The molecule has 0 atom stereocenters. The highest BCUT2D eigenvalue weighted by molar-refractivity contribution is 7.98. The standard InChI is InChI=1S/C27H29N5O3S/c1-3-35-24(33)17-29-26-25(20-7-9-22(36-2)10-8-20)31-23-14-21(11-12-32(23)26)27(34)30-16-19-6-4-5-18(13-19)15-28/h4-14,29H,3,15-17,28H2,1-2H3,(H,30,34). The van der Waals surface area contributed by atoms with E-state index in [1.807, 2.05) is 59.2 Å². The number of hydrogen-bond donors (Lipinski definition) is 3. The van der Waals surface area contributed by atoms with Crippen molar-refractivity contribution in [3.63, 3.8) is 0 Å². The Morgan fingerprint density at radius 2 is 1.86 bits per heavy atom. The van der Waals surface area contributed by atoms with Gasteiger partial charge >= 0.3 is 5.97 Å². The van der Waals surface area contributed by atoms with E-state index < -0.39 is 0 Å². The van der Waals surface area contributed by atoms with Crippen molar-refractivity contribution in [3.8, 4) is 11.3 Å². The SMILES string of the molecule is CCOC(=O)CNc1c(-c2ccc(SC)cc2)nc2cc(C(=O)NCc3cccc(CN)c3)ccn12. The maximum absolute atomic E-state index is 12.9. The predicted molar refractivity (Wildman–Crippen MR) is 143 cm³/mol. The fourth-order valence-electron chi connectivity index (χ4n) is 3.82. The highest BCUT2D eigenvalue weighted by Crippen LogP contribution is 2.30. The summed E-state index contributed by atoms with van der Waals surface area (Å²) in [5.41, 5.74) is 10.4. The third-order valence-electron chi connectivity index (χ3n) is 5.64. The van der Waals surface area contributed by atoms with Crippen molar-refractivity contribution in [2.45, 2.75) is 24.9 Å². The number of rotatable bonds is 10. The summed E-state index contributed by atoms with van der Waals surface area (Å²) in [6.45, 7) is 2.93. The Kier molecular flexibility index (Phi) is 8.24. The normalized spacial score (nSPS) is 10.9. The minimum Gasteiger partial charge on any atom is -0.465 e. The van der Waals surface area contributed by atoms with Gasteiger partial charge in [0.1, 0.15) is 23.7 Å². The molecule has 186 valence electrons. The molecule has 0 saturated carbocycles. The number of carbonyl (C=O) groups excluding carboxylic acids is 2. The van der Waals surface area contributed by atoms with Crippen LogP contribution in [0.2, 0.25) is 0 Å². The molecule has 0 fully saturated rings. The summed E-state index contributed by atoms with van der Waals surface area (Å²) in [7, 11) is 0. The Bertz CT molecular complexity index is 1370. The van der Waals surface area contributed by atoms with Crippen LogP contribution in [-0.4, -0.2) is 40.7 Å². The summed E-state index contributed by atoms with van der Waals surface area (Å²) in [6, 6.07) is 19.3. The largest absolute Gasteiger partial charge is 0.465 e. The lowest BCUT2D eigenvalue weighted by Gasteiger charge is -2.10. The molecule has 4 aromatic rings. The Morgan fingerprint density at radius 1 is 1.08 bits per heavy atom. The van der Waals surface area contributed by atoms with Gasteiger partial charge in [-0.3, -0.25) is 14.0 Å². The van der Waals surface area contributed by atoms with Crippen molar-refractivity contribution in [1.82, 2.24) is 14.7 Å². The molecule has 0 radical (unpaired) electrons. The number of carbonyl (C=O) groups is 2. The average Bonchev–Trinajstić information content (AvgIpc) is 3.28. The van der Waals surface area contributed by atoms with Crippen LogP contribution in [0.4, 0.5) is 5.82 Å². The van der Waals surface area contributed by atoms with Crippen LogP contribution in [-0.2, 0) is 22.6 Å². The van der Waals surface area contributed by atoms with Gasteiger partial charge in [0.05, 0.1) is 6.61 Å². The molecule has 0 saturated heterocycles. The van der Waals surface area contributed by atoms with Gasteiger partial charge in [0.15, 0.2) is 0 Å². The first-order valence-electron chi connectivity index (χ1n) is 11.6. The maximum Gasteiger partial charge on any atom is 0.325 e. The smallest absolute Gasteiger partial charge is 0.325 e. The lowest BCUT2D eigenvalue weighted by molar-refractivity contribution is -0.140. The van der Waals surface area contributed by atoms with E-state index in [2.05, 4.69) is 10.6 Å². The second-order valence-electron chi connectivity index (χ2n) is 8.05. The number of nitrogens with one attached hydrogen (secondary N) is 2. The first kappa shape index (κ1) is 25.3. The van der Waals surface area contributed by atoms with Crippen molar-refractivity contribution in [2.75, 3.05) is 24.7 Å². The molecule has 1 amide bonds. The zero-order valence-electron chi connectivity index (χ0n) is 20.3. The van der Waals surface area contributed by atoms with E-state index in [4.69, 9.17) is 15.5 Å². The molecule has 2 aromatic heterocycles. The van der Waals surface area contributed by atoms with Gasteiger partial charge in [-0.15, -0.1) is 11.8 Å². The number of nitrogens with two attached hydrogens (primary N) is 1. The second-order valence-corrected chi connectivity index (χ2v) is 8.93. The first-order valence-corrected chi connectivity index (χ1v) is 12.9. The number of hydrogen-bond acceptors (Lipinski definition) is 7. The number of fused-ring (bicyclic) bond motifs is 1. The molecule has 0 spiro atoms. The van der Waals surface area contributed by atoms with Crippen molar-refractivity contribution in [2.24, 2.45) is 5.73 Å². The van der Waals surface area contributed by atoms with Crippen molar-refractivity contribution in [3.05, 3.63) is 83.6 Å². The van der Waals surface area contributed by atoms with E-state index in [0.29, 0.717) is 42.4 Å². The van der Waals surface area contributed by atoms with Gasteiger partial charge in [0, 0.05) is 35.3 Å². The number of pyridine rings is 1. The molecule has 0 bridgehead atoms. The number of ether oxygens (including phenoxy) is 1. The van der Waals surface area contributed by atoms with Crippen LogP contribution in [0.3, 0.4) is 0 Å². The second kappa shape index (κ2) is 11.7. The summed E-state index contributed by atoms with van der Waals surface area (Å²) in [5.74, 6) is 0.0944. The molecule has 9 heteroatoms. The van der Waals surface area contributed by atoms with Crippen molar-refractivity contribution >= 4 is 35.1 Å². The van der Waals surface area contributed by atoms with E-state index in [9.17, 15) is 9.59 Å². The number of amides is 1. The Morgan fingerprint density at radius 3 is 2.58 bits per heavy atom. The minimum atomic E-state index is -0.356. The monoisotopic (exact) mass is 503 g/mol. The van der Waals surface area contributed by atoms with Gasteiger partial charge in [-0.2, -0.15) is 0 Å². The van der Waals surface area contributed by atoms with Crippen LogP contribution in [0.25, 0.3) is 16.9 Å². The predicted octanol–water partition coefficient (Wildman–Crippen LogP) is 4.09. The molecule has 2 aromatic carbocycles. The topological polar surface area (TPSA) is 111 Å². The Hall–Kier alpha value is -3.82. The fraction of sp³-hybridized carbons (Fsp3) is 0.222. The van der Waals surface area contributed by atoms with Gasteiger partial charge in [0.2, 0.25) is 0 Å². The summed E-state index contributed by atoms with van der Waals surface area (Å²) in [5, 5.41) is 6.12. The number of esters is 1. The van der Waals surface area contributed by atoms with E-state index in [0.717, 1.165) is 21.6 Å². The zero-order valence-corrected chi connectivity index (χ0v) is 21.1. The fourth-order valence-corrected chi connectivity index (χ4v) is 4.23. The van der Waals surface area contributed by atoms with Gasteiger partial charge in [-0.1, -0.05) is 36.4 Å². The van der Waals surface area contributed by atoms with E-state index in [1.165, 1.54) is 0 Å². The van der Waals surface area contributed by atoms with E-state index in [1.54, 1.807) is 37.0 Å². The quantitative estimate of drug-likeness (QED) is 0.221. The molecule has 8 nitrogen and oxygen atoms in total. The molecule has 0 aliphatic heterocycles. The van der Waals surface area contributed by atoms with E-state index >= 15 is 0 Å². The summed E-state index contributed by atoms with van der Waals surface area (Å²) in [6.07, 6.45) is 3.80. The molecule has 4 N–H and O–H groups in total. The molecule has 36 heavy (non-hydrogen) atoms. The van der Waals surface area contributed by atoms with Gasteiger partial charge in [-0.05, 0) is 48.6 Å². The number of anilines is 1. The number of thioether (sulfide) groups is 1.